The SMILES string of the molecule is NC(=O)c1nc(CN2CCC(c3ccc4c(c3)CN(C3CCC(=O)NC3=O)C4=O)CC2)no1. The van der Waals surface area contributed by atoms with Crippen LogP contribution in [0, 0.1) is 0 Å². The van der Waals surface area contributed by atoms with Crippen molar-refractivity contribution in [3.8, 4) is 0 Å². The summed E-state index contributed by atoms with van der Waals surface area (Å²) in [6.45, 7) is 2.54. The molecule has 3 aliphatic heterocycles. The first-order valence-corrected chi connectivity index (χ1v) is 11.0. The first-order chi connectivity index (χ1) is 15.9. The molecular formula is C22H24N6O5. The quantitative estimate of drug-likeness (QED) is 0.615. The Morgan fingerprint density at radius 3 is 2.67 bits per heavy atom. The number of fused-ring (bicyclic) bond motifs is 1. The van der Waals surface area contributed by atoms with Crippen molar-refractivity contribution < 1.29 is 23.7 Å². The van der Waals surface area contributed by atoms with Crippen molar-refractivity contribution in [3.05, 3.63) is 46.6 Å². The van der Waals surface area contributed by atoms with Gasteiger partial charge in [-0.3, -0.25) is 29.4 Å². The number of benzene rings is 1. The Morgan fingerprint density at radius 1 is 1.18 bits per heavy atom. The summed E-state index contributed by atoms with van der Waals surface area (Å²) >= 11 is 0. The van der Waals surface area contributed by atoms with Gasteiger partial charge in [0.1, 0.15) is 6.04 Å². The molecular weight excluding hydrogens is 428 g/mol. The molecule has 33 heavy (non-hydrogen) atoms. The molecule has 0 saturated carbocycles. The highest BCUT2D eigenvalue weighted by atomic mass is 16.5. The number of carbonyl (C=O) groups is 4. The average Bonchev–Trinajstić information content (AvgIpc) is 3.39. The third kappa shape index (κ3) is 4.11. The van der Waals surface area contributed by atoms with Crippen LogP contribution >= 0.6 is 0 Å². The number of piperidine rings is 2. The van der Waals surface area contributed by atoms with Crippen LogP contribution in [0.15, 0.2) is 22.7 Å². The van der Waals surface area contributed by atoms with E-state index in [1.807, 2.05) is 12.1 Å². The van der Waals surface area contributed by atoms with Crippen molar-refractivity contribution in [3.63, 3.8) is 0 Å². The molecule has 0 bridgehead atoms. The van der Waals surface area contributed by atoms with Gasteiger partial charge in [-0.05, 0) is 55.5 Å². The molecule has 3 N–H and O–H groups in total. The van der Waals surface area contributed by atoms with E-state index in [1.165, 1.54) is 5.56 Å². The van der Waals surface area contributed by atoms with E-state index in [4.69, 9.17) is 10.3 Å². The highest BCUT2D eigenvalue weighted by Crippen LogP contribution is 2.33. The summed E-state index contributed by atoms with van der Waals surface area (Å²) in [7, 11) is 0. The first kappa shape index (κ1) is 21.3. The standard InChI is InChI=1S/C22H24N6O5/c23-19(30)21-24-17(26-33-21)11-27-7-5-12(6-8-27)13-1-2-15-14(9-13)10-28(22(15)32)16-3-4-18(29)25-20(16)31/h1-2,9,12,16H,3-8,10-11H2,(H2,23,30)(H,25,29,31). The smallest absolute Gasteiger partial charge is 0.315 e. The van der Waals surface area contributed by atoms with E-state index in [2.05, 4.69) is 26.4 Å². The van der Waals surface area contributed by atoms with E-state index in [9.17, 15) is 19.2 Å². The predicted octanol–water partition coefficient (Wildman–Crippen LogP) is 0.309. The van der Waals surface area contributed by atoms with Crippen LogP contribution in [-0.4, -0.2) is 62.7 Å². The van der Waals surface area contributed by atoms with Gasteiger partial charge >= 0.3 is 11.8 Å². The molecule has 0 aliphatic carbocycles. The molecule has 11 nitrogen and oxygen atoms in total. The molecule has 2 saturated heterocycles. The number of hydrogen-bond donors (Lipinski definition) is 2. The van der Waals surface area contributed by atoms with Crippen LogP contribution in [0.3, 0.4) is 0 Å². The van der Waals surface area contributed by atoms with Crippen molar-refractivity contribution in [2.24, 2.45) is 5.73 Å². The zero-order valence-electron chi connectivity index (χ0n) is 18.0. The number of primary amides is 1. The number of hydrogen-bond acceptors (Lipinski definition) is 8. The highest BCUT2D eigenvalue weighted by molar-refractivity contribution is 6.05. The molecule has 5 rings (SSSR count). The second-order valence-corrected chi connectivity index (χ2v) is 8.75. The molecule has 4 amide bonds. The molecule has 0 radical (unpaired) electrons. The van der Waals surface area contributed by atoms with E-state index in [-0.39, 0.29) is 24.1 Å². The van der Waals surface area contributed by atoms with Gasteiger partial charge in [-0.25, -0.2) is 0 Å². The number of nitrogens with two attached hydrogens (primary N) is 1. The predicted molar refractivity (Wildman–Crippen MR) is 113 cm³/mol. The van der Waals surface area contributed by atoms with E-state index >= 15 is 0 Å². The lowest BCUT2D eigenvalue weighted by Crippen LogP contribution is -2.52. The minimum Gasteiger partial charge on any atom is -0.361 e. The number of carbonyl (C=O) groups excluding carboxylic acids is 4. The van der Waals surface area contributed by atoms with Crippen molar-refractivity contribution in [2.75, 3.05) is 13.1 Å². The summed E-state index contributed by atoms with van der Waals surface area (Å²) in [5.41, 5.74) is 7.88. The Labute approximate surface area is 189 Å². The number of rotatable bonds is 5. The number of aromatic nitrogens is 2. The summed E-state index contributed by atoms with van der Waals surface area (Å²) in [6, 6.07) is 5.34. The van der Waals surface area contributed by atoms with Gasteiger partial charge in [0.05, 0.1) is 6.54 Å². The normalized spacial score (nSPS) is 21.9. The zero-order valence-corrected chi connectivity index (χ0v) is 18.0. The molecule has 0 spiro atoms. The van der Waals surface area contributed by atoms with Gasteiger partial charge in [0.2, 0.25) is 11.8 Å². The molecule has 2 fully saturated rings. The van der Waals surface area contributed by atoms with Crippen molar-refractivity contribution in [1.82, 2.24) is 25.3 Å². The van der Waals surface area contributed by atoms with Gasteiger partial charge in [-0.1, -0.05) is 17.3 Å². The van der Waals surface area contributed by atoms with Gasteiger partial charge in [-0.15, -0.1) is 0 Å². The van der Waals surface area contributed by atoms with Crippen molar-refractivity contribution in [2.45, 2.75) is 50.7 Å². The number of amides is 4. The van der Waals surface area contributed by atoms with E-state index in [0.717, 1.165) is 31.5 Å². The average molecular weight is 452 g/mol. The molecule has 4 heterocycles. The van der Waals surface area contributed by atoms with Gasteiger partial charge in [0.15, 0.2) is 5.82 Å². The second-order valence-electron chi connectivity index (χ2n) is 8.75. The molecule has 11 heteroatoms. The third-order valence-electron chi connectivity index (χ3n) is 6.65. The highest BCUT2D eigenvalue weighted by Gasteiger charge is 2.39. The van der Waals surface area contributed by atoms with Crippen LogP contribution in [0.2, 0.25) is 0 Å². The molecule has 1 unspecified atom stereocenters. The minimum absolute atomic E-state index is 0.156. The summed E-state index contributed by atoms with van der Waals surface area (Å²) in [6.07, 6.45) is 2.47. The zero-order chi connectivity index (χ0) is 23.1. The summed E-state index contributed by atoms with van der Waals surface area (Å²) in [5, 5.41) is 6.13. The van der Waals surface area contributed by atoms with E-state index in [0.29, 0.717) is 36.8 Å². The van der Waals surface area contributed by atoms with Crippen LogP contribution in [-0.2, 0) is 22.7 Å². The number of nitrogens with one attached hydrogen (secondary N) is 1. The monoisotopic (exact) mass is 452 g/mol. The lowest BCUT2D eigenvalue weighted by Gasteiger charge is -2.31. The summed E-state index contributed by atoms with van der Waals surface area (Å²) in [4.78, 5) is 55.4. The van der Waals surface area contributed by atoms with Crippen molar-refractivity contribution >= 4 is 23.6 Å². The summed E-state index contributed by atoms with van der Waals surface area (Å²) < 4.78 is 4.84. The van der Waals surface area contributed by atoms with E-state index in [1.54, 1.807) is 4.90 Å². The van der Waals surface area contributed by atoms with Crippen LogP contribution in [0.4, 0.5) is 0 Å². The second kappa shape index (κ2) is 8.39. The van der Waals surface area contributed by atoms with Crippen LogP contribution in [0.5, 0.6) is 0 Å². The number of imide groups is 1. The van der Waals surface area contributed by atoms with Gasteiger partial charge in [-0.2, -0.15) is 4.98 Å². The van der Waals surface area contributed by atoms with Crippen LogP contribution in [0.1, 0.15) is 69.6 Å². The lowest BCUT2D eigenvalue weighted by molar-refractivity contribution is -0.136. The Bertz CT molecular complexity index is 1140. The molecule has 2 aromatic rings. The number of likely N-dealkylation sites (tertiary alicyclic amines) is 1. The minimum atomic E-state index is -0.737. The van der Waals surface area contributed by atoms with Gasteiger partial charge in [0, 0.05) is 18.5 Å². The molecule has 3 aliphatic rings. The fourth-order valence-corrected chi connectivity index (χ4v) is 4.89. The Kier molecular flexibility index (Phi) is 5.41. The fourth-order valence-electron chi connectivity index (χ4n) is 4.89. The fraction of sp³-hybridized carbons (Fsp3) is 0.455. The third-order valence-corrected chi connectivity index (χ3v) is 6.65. The van der Waals surface area contributed by atoms with Crippen LogP contribution < -0.4 is 11.1 Å². The first-order valence-electron chi connectivity index (χ1n) is 11.0. The Hall–Kier alpha value is -3.60. The molecule has 1 aromatic heterocycles. The lowest BCUT2D eigenvalue weighted by atomic mass is 9.88. The molecule has 1 aromatic carbocycles. The maximum absolute atomic E-state index is 12.9. The van der Waals surface area contributed by atoms with Gasteiger partial charge in [0.25, 0.3) is 5.91 Å². The maximum atomic E-state index is 12.9. The van der Waals surface area contributed by atoms with E-state index < -0.39 is 17.9 Å². The van der Waals surface area contributed by atoms with Crippen molar-refractivity contribution in [1.29, 1.82) is 0 Å². The van der Waals surface area contributed by atoms with Gasteiger partial charge < -0.3 is 15.2 Å². The topological polar surface area (TPSA) is 152 Å². The van der Waals surface area contributed by atoms with Crippen LogP contribution in [0.25, 0.3) is 0 Å². The maximum Gasteiger partial charge on any atom is 0.315 e. The Balaban J connectivity index is 1.21. The molecule has 172 valence electrons. The molecule has 1 atom stereocenters. The Morgan fingerprint density at radius 2 is 1.97 bits per heavy atom. The number of nitrogens with zero attached hydrogens (tertiary/aromatic N) is 4. The summed E-state index contributed by atoms with van der Waals surface area (Å²) in [5.74, 6) is -0.968. The largest absolute Gasteiger partial charge is 0.361 e.